The van der Waals surface area contributed by atoms with Crippen LogP contribution in [0.1, 0.15) is 56.2 Å². The van der Waals surface area contributed by atoms with E-state index in [0.29, 0.717) is 38.8 Å². The molecule has 1 N–H and O–H groups in total. The molecule has 1 saturated heterocycles. The molecule has 1 aromatic carbocycles. The molecular formula is C27H28F3N5O4. The standard InChI is InChI=1S/C27H28F3N5O4/c1-2-26(12-6-3-7-13-26)33-24(36)39-21-16-31-23(32-22(21)27(28,29)30)34-14-10-19(11-15-34)35-20-9-5-4-8-18(20)17-38-25(35)37/h1,4-5,8-9,16,19H,3,6-7,10-15,17H2,(H,33,36). The number of para-hydroxylation sites is 1. The second kappa shape index (κ2) is 10.6. The quantitative estimate of drug-likeness (QED) is 0.540. The Morgan fingerprint density at radius 1 is 1.18 bits per heavy atom. The first kappa shape index (κ1) is 26.6. The van der Waals surface area contributed by atoms with Crippen molar-refractivity contribution in [2.24, 2.45) is 0 Å². The Morgan fingerprint density at radius 2 is 1.90 bits per heavy atom. The topological polar surface area (TPSA) is 96.9 Å². The molecule has 0 atom stereocenters. The zero-order valence-electron chi connectivity index (χ0n) is 21.2. The fourth-order valence-corrected chi connectivity index (χ4v) is 5.42. The Balaban J connectivity index is 1.29. The molecule has 3 aliphatic rings. The van der Waals surface area contributed by atoms with Crippen molar-refractivity contribution in [1.29, 1.82) is 0 Å². The SMILES string of the molecule is C#CC1(NC(=O)Oc2cnc(N3CCC(N4C(=O)OCc5ccccc54)CC3)nc2C(F)(F)F)CCCCC1. The second-order valence-electron chi connectivity index (χ2n) is 9.95. The fraction of sp³-hybridized carbons (Fsp3) is 0.481. The van der Waals surface area contributed by atoms with Crippen LogP contribution in [0.25, 0.3) is 0 Å². The highest BCUT2D eigenvalue weighted by Gasteiger charge is 2.40. The number of cyclic esters (lactones) is 1. The average molecular weight is 544 g/mol. The van der Waals surface area contributed by atoms with Crippen molar-refractivity contribution in [1.82, 2.24) is 15.3 Å². The first-order valence-corrected chi connectivity index (χ1v) is 12.9. The lowest BCUT2D eigenvalue weighted by Gasteiger charge is -2.40. The van der Waals surface area contributed by atoms with Gasteiger partial charge in [-0.3, -0.25) is 4.90 Å². The largest absolute Gasteiger partial charge is 0.444 e. The number of aromatic nitrogens is 2. The van der Waals surface area contributed by atoms with Crippen LogP contribution in [0, 0.1) is 12.3 Å². The van der Waals surface area contributed by atoms with E-state index in [-0.39, 0.29) is 18.6 Å². The predicted molar refractivity (Wildman–Crippen MR) is 135 cm³/mol. The molecule has 9 nitrogen and oxygen atoms in total. The summed E-state index contributed by atoms with van der Waals surface area (Å²) in [7, 11) is 0. The highest BCUT2D eigenvalue weighted by molar-refractivity contribution is 5.91. The van der Waals surface area contributed by atoms with E-state index >= 15 is 0 Å². The van der Waals surface area contributed by atoms with Crippen molar-refractivity contribution in [3.8, 4) is 18.1 Å². The number of piperidine rings is 1. The van der Waals surface area contributed by atoms with Gasteiger partial charge >= 0.3 is 18.4 Å². The summed E-state index contributed by atoms with van der Waals surface area (Å²) in [5.41, 5.74) is -0.617. The van der Waals surface area contributed by atoms with Crippen LogP contribution < -0.4 is 19.9 Å². The van der Waals surface area contributed by atoms with E-state index < -0.39 is 35.3 Å². The Labute approximate surface area is 223 Å². The van der Waals surface area contributed by atoms with E-state index in [4.69, 9.17) is 15.9 Å². The van der Waals surface area contributed by atoms with E-state index in [1.807, 2.05) is 24.3 Å². The van der Waals surface area contributed by atoms with E-state index in [1.165, 1.54) is 0 Å². The predicted octanol–water partition coefficient (Wildman–Crippen LogP) is 5.05. The van der Waals surface area contributed by atoms with Crippen LogP contribution >= 0.6 is 0 Å². The zero-order chi connectivity index (χ0) is 27.6. The number of benzene rings is 1. The summed E-state index contributed by atoms with van der Waals surface area (Å²) in [5.74, 6) is 1.63. The molecule has 2 fully saturated rings. The van der Waals surface area contributed by atoms with Gasteiger partial charge in [0.2, 0.25) is 5.95 Å². The first-order valence-electron chi connectivity index (χ1n) is 12.9. The molecule has 0 spiro atoms. The minimum Gasteiger partial charge on any atom is -0.444 e. The number of nitrogens with zero attached hydrogens (tertiary/aromatic N) is 4. The van der Waals surface area contributed by atoms with E-state index in [1.54, 1.807) is 9.80 Å². The van der Waals surface area contributed by atoms with E-state index in [9.17, 15) is 22.8 Å². The van der Waals surface area contributed by atoms with Crippen molar-refractivity contribution in [3.63, 3.8) is 0 Å². The van der Waals surface area contributed by atoms with Gasteiger partial charge in [0.25, 0.3) is 0 Å². The maximum absolute atomic E-state index is 13.9. The van der Waals surface area contributed by atoms with Gasteiger partial charge in [0.1, 0.15) is 12.1 Å². The summed E-state index contributed by atoms with van der Waals surface area (Å²) >= 11 is 0. The van der Waals surface area contributed by atoms with Gasteiger partial charge in [-0.2, -0.15) is 13.2 Å². The summed E-state index contributed by atoms with van der Waals surface area (Å²) < 4.78 is 52.1. The number of carbonyl (C=O) groups excluding carboxylic acids is 2. The smallest absolute Gasteiger partial charge is 0.437 e. The Hall–Kier alpha value is -4.01. The molecule has 2 amide bonds. The molecule has 3 heterocycles. The number of nitrogens with one attached hydrogen (secondary N) is 1. The highest BCUT2D eigenvalue weighted by atomic mass is 19.4. The van der Waals surface area contributed by atoms with Crippen LogP contribution in [0.15, 0.2) is 30.5 Å². The number of ether oxygens (including phenoxy) is 2. The number of hydrogen-bond donors (Lipinski definition) is 1. The number of hydrogen-bond acceptors (Lipinski definition) is 7. The van der Waals surface area contributed by atoms with Crippen LogP contribution in [0.4, 0.5) is 34.4 Å². The number of alkyl halides is 3. The van der Waals surface area contributed by atoms with E-state index in [2.05, 4.69) is 21.2 Å². The van der Waals surface area contributed by atoms with Crippen molar-refractivity contribution < 1.29 is 32.2 Å². The van der Waals surface area contributed by atoms with Crippen molar-refractivity contribution >= 4 is 23.8 Å². The Morgan fingerprint density at radius 3 is 2.59 bits per heavy atom. The molecule has 39 heavy (non-hydrogen) atoms. The average Bonchev–Trinajstić information content (AvgIpc) is 2.93. The highest BCUT2D eigenvalue weighted by Crippen LogP contribution is 2.37. The van der Waals surface area contributed by atoms with Crippen LogP contribution in [-0.2, 0) is 17.5 Å². The summed E-state index contributed by atoms with van der Waals surface area (Å²) in [6.45, 7) is 0.840. The Bertz CT molecular complexity index is 1280. The number of rotatable bonds is 4. The molecule has 1 saturated carbocycles. The molecule has 0 bridgehead atoms. The molecule has 12 heteroatoms. The van der Waals surface area contributed by atoms with Crippen LogP contribution in [0.2, 0.25) is 0 Å². The lowest BCUT2D eigenvalue weighted by atomic mass is 9.82. The number of amides is 2. The number of halogens is 3. The first-order chi connectivity index (χ1) is 18.7. The number of fused-ring (bicyclic) bond motifs is 1. The monoisotopic (exact) mass is 543 g/mol. The number of anilines is 2. The van der Waals surface area contributed by atoms with Crippen LogP contribution in [-0.4, -0.2) is 46.8 Å². The number of terminal acetylenes is 1. The molecule has 206 valence electrons. The molecule has 1 aliphatic carbocycles. The van der Waals surface area contributed by atoms with Crippen molar-refractivity contribution in [2.45, 2.75) is 69.3 Å². The van der Waals surface area contributed by atoms with Crippen molar-refractivity contribution in [3.05, 3.63) is 41.7 Å². The molecule has 1 aromatic heterocycles. The third-order valence-corrected chi connectivity index (χ3v) is 7.45. The summed E-state index contributed by atoms with van der Waals surface area (Å²) in [6.07, 6.45) is 4.64. The maximum Gasteiger partial charge on any atom is 0.437 e. The minimum absolute atomic E-state index is 0.137. The minimum atomic E-state index is -4.89. The molecule has 0 unspecified atom stereocenters. The molecule has 5 rings (SSSR count). The van der Waals surface area contributed by atoms with Gasteiger partial charge in [0, 0.05) is 24.7 Å². The third kappa shape index (κ3) is 5.57. The third-order valence-electron chi connectivity index (χ3n) is 7.45. The van der Waals surface area contributed by atoms with Gasteiger partial charge in [-0.05, 0) is 31.7 Å². The molecular weight excluding hydrogens is 515 g/mol. The normalized spacial score (nSPS) is 19.5. The van der Waals surface area contributed by atoms with Gasteiger partial charge < -0.3 is 19.7 Å². The fourth-order valence-electron chi connectivity index (χ4n) is 5.42. The van der Waals surface area contributed by atoms with Crippen LogP contribution in [0.3, 0.4) is 0 Å². The van der Waals surface area contributed by atoms with E-state index in [0.717, 1.165) is 36.7 Å². The maximum atomic E-state index is 13.9. The summed E-state index contributed by atoms with van der Waals surface area (Å²) in [4.78, 5) is 36.1. The second-order valence-corrected chi connectivity index (χ2v) is 9.95. The molecule has 2 aromatic rings. The van der Waals surface area contributed by atoms with Gasteiger partial charge in [-0.25, -0.2) is 19.6 Å². The van der Waals surface area contributed by atoms with Gasteiger partial charge in [0.15, 0.2) is 11.4 Å². The zero-order valence-corrected chi connectivity index (χ0v) is 21.2. The van der Waals surface area contributed by atoms with Crippen LogP contribution in [0.5, 0.6) is 5.75 Å². The lowest BCUT2D eigenvalue weighted by Crippen LogP contribution is -2.50. The summed E-state index contributed by atoms with van der Waals surface area (Å²) in [6, 6.07) is 7.27. The molecule has 0 radical (unpaired) electrons. The van der Waals surface area contributed by atoms with Crippen molar-refractivity contribution in [2.75, 3.05) is 22.9 Å². The van der Waals surface area contributed by atoms with Gasteiger partial charge in [0.05, 0.1) is 11.9 Å². The van der Waals surface area contributed by atoms with Gasteiger partial charge in [-0.1, -0.05) is 43.4 Å². The molecule has 2 aliphatic heterocycles. The number of carbonyl (C=O) groups is 2. The Kier molecular flexibility index (Phi) is 7.25. The lowest BCUT2D eigenvalue weighted by molar-refractivity contribution is -0.142. The van der Waals surface area contributed by atoms with Gasteiger partial charge in [-0.15, -0.1) is 6.42 Å². The summed E-state index contributed by atoms with van der Waals surface area (Å²) in [5, 5.41) is 2.56.